The Morgan fingerprint density at radius 3 is 2.33 bits per heavy atom. The summed E-state index contributed by atoms with van der Waals surface area (Å²) >= 11 is 0. The molecule has 1 atom stereocenters. The fraction of sp³-hybridized carbons (Fsp3) is 0.833. The van der Waals surface area contributed by atoms with Gasteiger partial charge in [-0.25, -0.2) is 9.18 Å². The highest BCUT2D eigenvalue weighted by molar-refractivity contribution is 5.75. The van der Waals surface area contributed by atoms with Gasteiger partial charge in [0.05, 0.1) is 0 Å². The van der Waals surface area contributed by atoms with Gasteiger partial charge in [0.25, 0.3) is 6.30 Å². The lowest BCUT2D eigenvalue weighted by molar-refractivity contribution is -0.178. The summed E-state index contributed by atoms with van der Waals surface area (Å²) in [4.78, 5) is 9.93. The fourth-order valence-corrected chi connectivity index (χ4v) is 0.924. The summed E-state index contributed by atoms with van der Waals surface area (Å²) in [5, 5.41) is 7.85. The number of hydrogen-bond acceptors (Lipinski definition) is 2. The van der Waals surface area contributed by atoms with E-state index in [-0.39, 0.29) is 13.5 Å². The Morgan fingerprint density at radius 2 is 2.08 bits per heavy atom. The summed E-state index contributed by atoms with van der Waals surface area (Å²) in [6, 6.07) is -0.527. The van der Waals surface area contributed by atoms with Gasteiger partial charge in [-0.05, 0) is 12.8 Å². The van der Waals surface area contributed by atoms with E-state index in [2.05, 4.69) is 0 Å². The molecule has 0 bridgehead atoms. The Bertz CT molecular complexity index is 166. The van der Waals surface area contributed by atoms with Gasteiger partial charge in [-0.2, -0.15) is 0 Å². The Balaban J connectivity index is 0.00000121. The molecule has 0 aromatic rings. The Labute approximate surface area is 70.9 Å². The van der Waals surface area contributed by atoms with Crippen LogP contribution in [0.15, 0.2) is 0 Å². The van der Waals surface area contributed by atoms with Gasteiger partial charge in [0, 0.05) is 14.5 Å². The van der Waals surface area contributed by atoms with Crippen LogP contribution >= 0.6 is 0 Å². The standard InChI is InChI=1S/C6H9F2NO2.B/c7-5(6(10)11)9(8)4-2-1-3-4;/h4-5H,1-3H2,(H,10,11);. The molecule has 3 radical (unpaired) electrons. The highest BCUT2D eigenvalue weighted by atomic mass is 19.2. The van der Waals surface area contributed by atoms with E-state index in [0.29, 0.717) is 12.8 Å². The van der Waals surface area contributed by atoms with E-state index in [1.165, 1.54) is 0 Å². The summed E-state index contributed by atoms with van der Waals surface area (Å²) in [6.45, 7) is 0. The normalized spacial score (nSPS) is 19.6. The molecule has 1 fully saturated rings. The third kappa shape index (κ3) is 2.17. The molecule has 1 aliphatic carbocycles. The van der Waals surface area contributed by atoms with Crippen molar-refractivity contribution in [1.82, 2.24) is 5.12 Å². The average Bonchev–Trinajstić information content (AvgIpc) is 1.82. The zero-order valence-electron chi connectivity index (χ0n) is 6.41. The molecular weight excluding hydrogens is 167 g/mol. The van der Waals surface area contributed by atoms with E-state index >= 15 is 0 Å². The number of alkyl halides is 1. The van der Waals surface area contributed by atoms with Crippen LogP contribution < -0.4 is 0 Å². The van der Waals surface area contributed by atoms with Crippen molar-refractivity contribution in [3.05, 3.63) is 0 Å². The molecule has 1 saturated carbocycles. The molecule has 1 unspecified atom stereocenters. The molecule has 0 aromatic carbocycles. The fourth-order valence-electron chi connectivity index (χ4n) is 0.924. The monoisotopic (exact) mass is 176 g/mol. The number of carboxylic acids is 1. The molecule has 0 amide bonds. The van der Waals surface area contributed by atoms with Crippen LogP contribution in [-0.2, 0) is 4.79 Å². The smallest absolute Gasteiger partial charge is 0.356 e. The lowest BCUT2D eigenvalue weighted by atomic mass is 9.93. The van der Waals surface area contributed by atoms with Gasteiger partial charge in [-0.15, -0.1) is 4.48 Å². The summed E-state index contributed by atoms with van der Waals surface area (Å²) < 4.78 is 24.9. The molecule has 1 N–H and O–H groups in total. The summed E-state index contributed by atoms with van der Waals surface area (Å²) in [5.74, 6) is -1.76. The number of rotatable bonds is 3. The molecule has 0 aromatic heterocycles. The van der Waals surface area contributed by atoms with E-state index in [4.69, 9.17) is 5.11 Å². The van der Waals surface area contributed by atoms with Gasteiger partial charge in [-0.1, -0.05) is 11.5 Å². The van der Waals surface area contributed by atoms with Gasteiger partial charge in [0.1, 0.15) is 0 Å². The van der Waals surface area contributed by atoms with Crippen LogP contribution in [-0.4, -0.2) is 36.9 Å². The molecule has 67 valence electrons. The van der Waals surface area contributed by atoms with Crippen molar-refractivity contribution in [3.8, 4) is 0 Å². The van der Waals surface area contributed by atoms with Crippen LogP contribution in [0.25, 0.3) is 0 Å². The number of halogens is 2. The van der Waals surface area contributed by atoms with Crippen molar-refractivity contribution < 1.29 is 18.8 Å². The predicted octanol–water partition coefficient (Wildman–Crippen LogP) is 0.725. The highest BCUT2D eigenvalue weighted by Gasteiger charge is 2.34. The summed E-state index contributed by atoms with van der Waals surface area (Å²) in [6.07, 6.45) is -0.563. The molecule has 0 spiro atoms. The van der Waals surface area contributed by atoms with Crippen LogP contribution in [0, 0.1) is 0 Å². The van der Waals surface area contributed by atoms with Gasteiger partial charge in [0.2, 0.25) is 0 Å². The minimum atomic E-state index is -2.50. The van der Waals surface area contributed by atoms with Crippen molar-refractivity contribution in [3.63, 3.8) is 0 Å². The number of carbonyl (C=O) groups is 1. The molecule has 0 heterocycles. The van der Waals surface area contributed by atoms with E-state index in [1.807, 2.05) is 0 Å². The molecule has 1 aliphatic rings. The summed E-state index contributed by atoms with van der Waals surface area (Å²) in [7, 11) is 0. The first-order chi connectivity index (χ1) is 5.13. The first kappa shape index (κ1) is 11.4. The van der Waals surface area contributed by atoms with Crippen LogP contribution in [0.3, 0.4) is 0 Å². The Hall–Kier alpha value is -0.645. The largest absolute Gasteiger partial charge is 0.478 e. The minimum Gasteiger partial charge on any atom is -0.478 e. The zero-order valence-corrected chi connectivity index (χ0v) is 6.41. The molecule has 0 saturated heterocycles. The lowest BCUT2D eigenvalue weighted by Gasteiger charge is -2.30. The van der Waals surface area contributed by atoms with Crippen molar-refractivity contribution in [1.29, 1.82) is 0 Å². The second-order valence-electron chi connectivity index (χ2n) is 2.60. The highest BCUT2D eigenvalue weighted by Crippen LogP contribution is 2.26. The van der Waals surface area contributed by atoms with Gasteiger partial charge >= 0.3 is 5.97 Å². The Kier molecular flexibility index (Phi) is 4.16. The van der Waals surface area contributed by atoms with E-state index < -0.39 is 18.3 Å². The van der Waals surface area contributed by atoms with E-state index in [9.17, 15) is 13.7 Å². The second kappa shape index (κ2) is 4.40. The van der Waals surface area contributed by atoms with Crippen LogP contribution in [0.1, 0.15) is 19.3 Å². The third-order valence-electron chi connectivity index (χ3n) is 1.84. The Morgan fingerprint density at radius 1 is 1.58 bits per heavy atom. The maximum absolute atomic E-state index is 12.6. The summed E-state index contributed by atoms with van der Waals surface area (Å²) in [5.41, 5.74) is 0. The van der Waals surface area contributed by atoms with E-state index in [0.717, 1.165) is 6.42 Å². The minimum absolute atomic E-state index is 0. The van der Waals surface area contributed by atoms with Crippen molar-refractivity contribution in [2.24, 2.45) is 0 Å². The first-order valence-electron chi connectivity index (χ1n) is 3.44. The lowest BCUT2D eigenvalue weighted by Crippen LogP contribution is -2.42. The number of nitrogens with zero attached hydrogens (tertiary/aromatic N) is 1. The topological polar surface area (TPSA) is 40.5 Å². The average molecular weight is 176 g/mol. The van der Waals surface area contributed by atoms with Crippen LogP contribution in [0.2, 0.25) is 0 Å². The van der Waals surface area contributed by atoms with E-state index in [1.54, 1.807) is 0 Å². The van der Waals surface area contributed by atoms with Gasteiger partial charge in [0.15, 0.2) is 0 Å². The van der Waals surface area contributed by atoms with Crippen LogP contribution in [0.4, 0.5) is 8.87 Å². The van der Waals surface area contributed by atoms with Crippen molar-refractivity contribution >= 4 is 14.4 Å². The number of carboxylic acid groups (broad SMARTS) is 1. The molecular formula is C6H9BF2NO2. The maximum Gasteiger partial charge on any atom is 0.356 e. The number of aliphatic carboxylic acids is 1. The van der Waals surface area contributed by atoms with Crippen molar-refractivity contribution in [2.75, 3.05) is 0 Å². The third-order valence-corrected chi connectivity index (χ3v) is 1.84. The quantitative estimate of drug-likeness (QED) is 0.391. The molecule has 1 rings (SSSR count). The zero-order chi connectivity index (χ0) is 8.43. The van der Waals surface area contributed by atoms with Gasteiger partial charge in [-0.3, -0.25) is 0 Å². The first-order valence-corrected chi connectivity index (χ1v) is 3.44. The predicted molar refractivity (Wildman–Crippen MR) is 38.9 cm³/mol. The molecule has 0 aliphatic heterocycles. The van der Waals surface area contributed by atoms with Crippen LogP contribution in [0.5, 0.6) is 0 Å². The second-order valence-corrected chi connectivity index (χ2v) is 2.60. The maximum atomic E-state index is 12.6. The molecule has 12 heavy (non-hydrogen) atoms. The number of hydrogen-bond donors (Lipinski definition) is 1. The van der Waals surface area contributed by atoms with Gasteiger partial charge < -0.3 is 5.11 Å². The molecule has 3 nitrogen and oxygen atoms in total. The van der Waals surface area contributed by atoms with Crippen molar-refractivity contribution in [2.45, 2.75) is 31.6 Å². The SMILES string of the molecule is O=C(O)C(F)N(F)C1CCC1.[B]. The molecule has 6 heteroatoms.